The summed E-state index contributed by atoms with van der Waals surface area (Å²) in [5, 5.41) is 0.249. The van der Waals surface area contributed by atoms with Gasteiger partial charge < -0.3 is 14.4 Å². The van der Waals surface area contributed by atoms with E-state index < -0.39 is 69.1 Å². The number of anilines is 1. The normalized spacial score (nSPS) is 11.6. The van der Waals surface area contributed by atoms with E-state index in [1.54, 1.807) is 58.7 Å². The van der Waals surface area contributed by atoms with Crippen molar-refractivity contribution < 1.29 is 45.4 Å². The molecule has 0 radical (unpaired) electrons. The van der Waals surface area contributed by atoms with Gasteiger partial charge >= 0.3 is 11.9 Å². The minimum atomic E-state index is -2.44. The van der Waals surface area contributed by atoms with Crippen molar-refractivity contribution in [2.24, 2.45) is 5.41 Å². The number of ether oxygens (including phenoxy) is 2. The monoisotopic (exact) mass is 635 g/mol. The number of nitrogens with zero attached hydrogens (tertiary/aromatic N) is 3. The summed E-state index contributed by atoms with van der Waals surface area (Å²) in [5.41, 5.74) is 0.0160. The fourth-order valence-electron chi connectivity index (χ4n) is 4.27. The number of rotatable bonds is 7. The summed E-state index contributed by atoms with van der Waals surface area (Å²) in [6.07, 6.45) is 0. The van der Waals surface area contributed by atoms with Crippen LogP contribution in [0.1, 0.15) is 48.1 Å². The van der Waals surface area contributed by atoms with Crippen molar-refractivity contribution in [1.82, 2.24) is 9.55 Å². The third kappa shape index (κ3) is 6.49. The molecule has 0 amide bonds. The summed E-state index contributed by atoms with van der Waals surface area (Å²) in [6.45, 7) is 8.26. The molecular formula is C31H27F6N3O5. The van der Waals surface area contributed by atoms with Crippen LogP contribution in [-0.4, -0.2) is 28.5 Å². The van der Waals surface area contributed by atoms with E-state index in [0.717, 1.165) is 17.7 Å². The van der Waals surface area contributed by atoms with Crippen molar-refractivity contribution in [2.75, 3.05) is 11.9 Å². The number of hydrogen-bond acceptors (Lipinski definition) is 7. The predicted molar refractivity (Wildman–Crippen MR) is 151 cm³/mol. The molecule has 0 saturated carbocycles. The van der Waals surface area contributed by atoms with E-state index in [-0.39, 0.29) is 24.3 Å². The quantitative estimate of drug-likeness (QED) is 0.0780. The first-order valence-corrected chi connectivity index (χ1v) is 13.3. The smallest absolute Gasteiger partial charge is 0.346 e. The van der Waals surface area contributed by atoms with Gasteiger partial charge in [0.25, 0.3) is 5.56 Å². The van der Waals surface area contributed by atoms with Crippen LogP contribution in [0.2, 0.25) is 0 Å². The third-order valence-corrected chi connectivity index (χ3v) is 6.92. The number of aromatic nitrogens is 2. The fourth-order valence-corrected chi connectivity index (χ4v) is 4.27. The van der Waals surface area contributed by atoms with Crippen molar-refractivity contribution in [3.8, 4) is 5.75 Å². The number of aryl methyl sites for hydroxylation is 2. The Labute approximate surface area is 252 Å². The van der Waals surface area contributed by atoms with Crippen molar-refractivity contribution in [2.45, 2.75) is 47.9 Å². The third-order valence-electron chi connectivity index (χ3n) is 6.92. The Morgan fingerprint density at radius 1 is 0.911 bits per heavy atom. The van der Waals surface area contributed by atoms with Gasteiger partial charge in [-0.25, -0.2) is 27.3 Å². The molecule has 0 N–H and O–H groups in total. The van der Waals surface area contributed by atoms with E-state index in [2.05, 4.69) is 9.72 Å². The Hall–Kier alpha value is -4.88. The molecule has 8 nitrogen and oxygen atoms in total. The molecule has 1 aromatic heterocycles. The zero-order valence-electron chi connectivity index (χ0n) is 25.0. The number of esters is 2. The van der Waals surface area contributed by atoms with E-state index in [1.165, 1.54) is 10.6 Å². The zero-order valence-corrected chi connectivity index (χ0v) is 25.0. The van der Waals surface area contributed by atoms with E-state index in [4.69, 9.17) is 4.74 Å². The molecule has 3 aromatic carbocycles. The maximum Gasteiger partial charge on any atom is 0.346 e. The Morgan fingerprint density at radius 3 is 2.09 bits per heavy atom. The van der Waals surface area contributed by atoms with E-state index in [9.17, 15) is 40.7 Å². The van der Waals surface area contributed by atoms with Gasteiger partial charge in [-0.2, -0.15) is 8.78 Å². The number of halogens is 6. The molecule has 45 heavy (non-hydrogen) atoms. The summed E-state index contributed by atoms with van der Waals surface area (Å²) >= 11 is 0. The second kappa shape index (κ2) is 12.3. The highest BCUT2D eigenvalue weighted by molar-refractivity contribution is 5.92. The molecule has 0 saturated heterocycles. The van der Waals surface area contributed by atoms with Crippen LogP contribution >= 0.6 is 0 Å². The van der Waals surface area contributed by atoms with E-state index in [1.807, 2.05) is 0 Å². The molecule has 0 spiro atoms. The maximum absolute atomic E-state index is 14.9. The number of carbonyl (C=O) groups is 2. The van der Waals surface area contributed by atoms with Crippen LogP contribution in [0.15, 0.2) is 35.1 Å². The summed E-state index contributed by atoms with van der Waals surface area (Å²) in [5.74, 6) is -16.8. The molecule has 4 rings (SSSR count). The first-order valence-electron chi connectivity index (χ1n) is 13.3. The Balaban J connectivity index is 1.58. The Bertz CT molecular complexity index is 1890. The number of hydrogen-bond donors (Lipinski definition) is 0. The van der Waals surface area contributed by atoms with Gasteiger partial charge in [0.15, 0.2) is 6.73 Å². The standard InChI is InChI=1S/C31H27F6N3O5/c1-14-9-21-19(28(41)40(15(2)38-21)13-44-30(43)31(3,4)5)10-16(14)12-39(6)17-7-8-18(20(32)11-17)29(42)45-27-25(36)23(34)22(33)24(35)26(27)37/h7-11H,12-13H2,1-6H3. The second-order valence-electron chi connectivity index (χ2n) is 11.3. The molecular weight excluding hydrogens is 608 g/mol. The average Bonchev–Trinajstić information content (AvgIpc) is 2.97. The highest BCUT2D eigenvalue weighted by Gasteiger charge is 2.30. The number of benzene rings is 3. The van der Waals surface area contributed by atoms with Crippen LogP contribution in [-0.2, 0) is 22.8 Å². The Kier molecular flexibility index (Phi) is 8.99. The zero-order chi connectivity index (χ0) is 33.5. The lowest BCUT2D eigenvalue weighted by Gasteiger charge is -2.22. The van der Waals surface area contributed by atoms with Gasteiger partial charge in [0.2, 0.25) is 34.8 Å². The van der Waals surface area contributed by atoms with Crippen LogP contribution < -0.4 is 15.2 Å². The topological polar surface area (TPSA) is 90.7 Å². The predicted octanol–water partition coefficient (Wildman–Crippen LogP) is 6.25. The minimum absolute atomic E-state index is 0.141. The molecule has 0 aliphatic carbocycles. The van der Waals surface area contributed by atoms with Gasteiger partial charge in [-0.1, -0.05) is 0 Å². The lowest BCUT2D eigenvalue weighted by molar-refractivity contribution is -0.157. The first-order chi connectivity index (χ1) is 20.9. The minimum Gasteiger partial charge on any atom is -0.443 e. The summed E-state index contributed by atoms with van der Waals surface area (Å²) in [7, 11) is 1.59. The largest absolute Gasteiger partial charge is 0.443 e. The van der Waals surface area contributed by atoms with Gasteiger partial charge in [-0.05, 0) is 76.1 Å². The van der Waals surface area contributed by atoms with Crippen LogP contribution in [0.3, 0.4) is 0 Å². The lowest BCUT2D eigenvalue weighted by atomic mass is 9.98. The van der Waals surface area contributed by atoms with Gasteiger partial charge in [0.1, 0.15) is 11.6 Å². The SMILES string of the molecule is Cc1cc2nc(C)n(COC(=O)C(C)(C)C)c(=O)c2cc1CN(C)c1ccc(C(=O)Oc2c(F)c(F)c(F)c(F)c2F)c(F)c1. The summed E-state index contributed by atoms with van der Waals surface area (Å²) in [6, 6.07) is 6.43. The van der Waals surface area contributed by atoms with Crippen molar-refractivity contribution in [3.63, 3.8) is 0 Å². The highest BCUT2D eigenvalue weighted by atomic mass is 19.2. The number of fused-ring (bicyclic) bond motifs is 1. The maximum atomic E-state index is 14.9. The van der Waals surface area contributed by atoms with Gasteiger partial charge in [0, 0.05) is 19.3 Å². The van der Waals surface area contributed by atoms with Crippen molar-refractivity contribution in [1.29, 1.82) is 0 Å². The van der Waals surface area contributed by atoms with Crippen molar-refractivity contribution in [3.05, 3.63) is 98.1 Å². The van der Waals surface area contributed by atoms with E-state index in [0.29, 0.717) is 16.9 Å². The molecule has 0 unspecified atom stereocenters. The molecule has 14 heteroatoms. The summed E-state index contributed by atoms with van der Waals surface area (Å²) in [4.78, 5) is 44.0. The van der Waals surface area contributed by atoms with Gasteiger partial charge in [-0.15, -0.1) is 0 Å². The first kappa shape index (κ1) is 33.0. The van der Waals surface area contributed by atoms with Crippen LogP contribution in [0, 0.1) is 54.2 Å². The molecule has 0 aliphatic heterocycles. The molecule has 0 fully saturated rings. The summed E-state index contributed by atoms with van der Waals surface area (Å²) < 4.78 is 93.8. The molecule has 4 aromatic rings. The van der Waals surface area contributed by atoms with Crippen LogP contribution in [0.5, 0.6) is 5.75 Å². The Morgan fingerprint density at radius 2 is 1.51 bits per heavy atom. The highest BCUT2D eigenvalue weighted by Crippen LogP contribution is 2.30. The molecule has 0 aliphatic rings. The average molecular weight is 636 g/mol. The van der Waals surface area contributed by atoms with Gasteiger partial charge in [0.05, 0.1) is 21.9 Å². The van der Waals surface area contributed by atoms with Crippen LogP contribution in [0.25, 0.3) is 10.9 Å². The molecule has 1 heterocycles. The van der Waals surface area contributed by atoms with Gasteiger partial charge in [-0.3, -0.25) is 14.2 Å². The lowest BCUT2D eigenvalue weighted by Crippen LogP contribution is -2.30. The number of carbonyl (C=O) groups excluding carboxylic acids is 2. The molecule has 0 bridgehead atoms. The van der Waals surface area contributed by atoms with Crippen LogP contribution in [0.4, 0.5) is 32.0 Å². The molecule has 238 valence electrons. The fraction of sp³-hybridized carbons (Fsp3) is 0.290. The molecule has 0 atom stereocenters. The van der Waals surface area contributed by atoms with E-state index >= 15 is 0 Å². The van der Waals surface area contributed by atoms with Crippen molar-refractivity contribution >= 4 is 28.5 Å². The second-order valence-corrected chi connectivity index (χ2v) is 11.3.